The van der Waals surface area contributed by atoms with Gasteiger partial charge in [-0.3, -0.25) is 0 Å². The number of aryl methyl sites for hydroxylation is 2. The molecule has 1 aliphatic rings. The summed E-state index contributed by atoms with van der Waals surface area (Å²) in [6.45, 7) is 4.86. The van der Waals surface area contributed by atoms with E-state index >= 15 is 0 Å². The predicted octanol–water partition coefficient (Wildman–Crippen LogP) is 2.83. The molecule has 0 aromatic carbocycles. The molecule has 0 atom stereocenters. The number of hydrogen-bond donors (Lipinski definition) is 1. The highest BCUT2D eigenvalue weighted by Crippen LogP contribution is 2.33. The summed E-state index contributed by atoms with van der Waals surface area (Å²) in [7, 11) is 1.75. The van der Waals surface area contributed by atoms with Gasteiger partial charge in [-0.1, -0.05) is 12.8 Å². The van der Waals surface area contributed by atoms with Crippen molar-refractivity contribution in [2.24, 2.45) is 5.92 Å². The van der Waals surface area contributed by atoms with Crippen LogP contribution in [0.5, 0.6) is 0 Å². The zero-order chi connectivity index (χ0) is 12.8. The Bertz CT molecular complexity index is 358. The van der Waals surface area contributed by atoms with E-state index in [1.54, 1.807) is 7.11 Å². The van der Waals surface area contributed by atoms with Gasteiger partial charge in [0.15, 0.2) is 0 Å². The van der Waals surface area contributed by atoms with Crippen molar-refractivity contribution >= 4 is 5.95 Å². The van der Waals surface area contributed by atoms with Gasteiger partial charge in [0.25, 0.3) is 0 Å². The summed E-state index contributed by atoms with van der Waals surface area (Å²) in [5.41, 5.74) is 1.08. The number of nitrogens with one attached hydrogen (secondary N) is 1. The fourth-order valence-corrected chi connectivity index (χ4v) is 2.24. The van der Waals surface area contributed by atoms with Gasteiger partial charge in [-0.15, -0.1) is 0 Å². The van der Waals surface area contributed by atoms with Crippen molar-refractivity contribution < 1.29 is 4.74 Å². The molecule has 4 heteroatoms. The third kappa shape index (κ3) is 4.33. The summed E-state index contributed by atoms with van der Waals surface area (Å²) < 4.78 is 7.29. The molecule has 0 amide bonds. The zero-order valence-electron chi connectivity index (χ0n) is 11.6. The van der Waals surface area contributed by atoms with Crippen molar-refractivity contribution in [1.29, 1.82) is 0 Å². The molecule has 102 valence electrons. The maximum absolute atomic E-state index is 5.09. The van der Waals surface area contributed by atoms with Gasteiger partial charge in [0.05, 0.1) is 5.69 Å². The Morgan fingerprint density at radius 1 is 1.44 bits per heavy atom. The van der Waals surface area contributed by atoms with Gasteiger partial charge in [0.1, 0.15) is 0 Å². The zero-order valence-corrected chi connectivity index (χ0v) is 11.6. The molecule has 1 aliphatic carbocycles. The summed E-state index contributed by atoms with van der Waals surface area (Å²) in [5, 5.41) is 3.46. The number of aromatic nitrogens is 2. The lowest BCUT2D eigenvalue weighted by molar-refractivity contribution is 0.190. The standard InChI is InChI=1S/C14H25N3O/c1-12-11-17(9-4-10-18-2)14(16-12)15-8-3-5-13-6-7-13/h11,13H,3-10H2,1-2H3,(H,15,16). The third-order valence-corrected chi connectivity index (χ3v) is 3.41. The minimum absolute atomic E-state index is 0.804. The molecule has 1 N–H and O–H groups in total. The van der Waals surface area contributed by atoms with Crippen LogP contribution in [0.2, 0.25) is 0 Å². The third-order valence-electron chi connectivity index (χ3n) is 3.41. The van der Waals surface area contributed by atoms with E-state index in [9.17, 15) is 0 Å². The fourth-order valence-electron chi connectivity index (χ4n) is 2.24. The molecule has 1 aromatic rings. The van der Waals surface area contributed by atoms with Crippen LogP contribution in [0.3, 0.4) is 0 Å². The van der Waals surface area contributed by atoms with Crippen LogP contribution in [-0.2, 0) is 11.3 Å². The van der Waals surface area contributed by atoms with E-state index in [2.05, 4.69) is 21.1 Å². The lowest BCUT2D eigenvalue weighted by Gasteiger charge is -2.09. The quantitative estimate of drug-likeness (QED) is 0.686. The maximum atomic E-state index is 5.09. The number of anilines is 1. The van der Waals surface area contributed by atoms with Gasteiger partial charge in [0, 0.05) is 33.0 Å². The molecule has 0 radical (unpaired) electrons. The number of hydrogen-bond acceptors (Lipinski definition) is 3. The van der Waals surface area contributed by atoms with Crippen LogP contribution in [0.4, 0.5) is 5.95 Å². The summed E-state index contributed by atoms with van der Waals surface area (Å²) >= 11 is 0. The van der Waals surface area contributed by atoms with Crippen LogP contribution in [0, 0.1) is 12.8 Å². The molecule has 0 saturated heterocycles. The summed E-state index contributed by atoms with van der Waals surface area (Å²) in [4.78, 5) is 4.53. The largest absolute Gasteiger partial charge is 0.385 e. The van der Waals surface area contributed by atoms with Crippen molar-refractivity contribution in [3.63, 3.8) is 0 Å². The normalized spacial score (nSPS) is 15.0. The van der Waals surface area contributed by atoms with Crippen molar-refractivity contribution in [3.8, 4) is 0 Å². The molecule has 1 heterocycles. The Balaban J connectivity index is 1.73. The van der Waals surface area contributed by atoms with Gasteiger partial charge >= 0.3 is 0 Å². The second-order valence-electron chi connectivity index (χ2n) is 5.26. The van der Waals surface area contributed by atoms with E-state index in [4.69, 9.17) is 4.74 Å². The van der Waals surface area contributed by atoms with Crippen LogP contribution < -0.4 is 5.32 Å². The Morgan fingerprint density at radius 3 is 3.00 bits per heavy atom. The van der Waals surface area contributed by atoms with Crippen LogP contribution in [0.1, 0.15) is 37.8 Å². The average Bonchev–Trinajstić information content (AvgIpc) is 3.10. The second-order valence-corrected chi connectivity index (χ2v) is 5.26. The van der Waals surface area contributed by atoms with Crippen LogP contribution in [-0.4, -0.2) is 29.8 Å². The molecule has 1 fully saturated rings. The first kappa shape index (κ1) is 13.4. The maximum Gasteiger partial charge on any atom is 0.203 e. The SMILES string of the molecule is COCCCn1cc(C)nc1NCCCC1CC1. The molecule has 0 spiro atoms. The second kappa shape index (κ2) is 6.78. The Hall–Kier alpha value is -1.03. The number of imidazole rings is 1. The molecule has 4 nitrogen and oxygen atoms in total. The minimum atomic E-state index is 0.804. The van der Waals surface area contributed by atoms with Gasteiger partial charge in [0.2, 0.25) is 5.95 Å². The summed E-state index contributed by atoms with van der Waals surface area (Å²) in [5.74, 6) is 2.04. The Morgan fingerprint density at radius 2 is 2.28 bits per heavy atom. The fraction of sp³-hybridized carbons (Fsp3) is 0.786. The predicted molar refractivity (Wildman–Crippen MR) is 73.9 cm³/mol. The van der Waals surface area contributed by atoms with E-state index in [0.29, 0.717) is 0 Å². The highest BCUT2D eigenvalue weighted by molar-refractivity contribution is 5.28. The van der Waals surface area contributed by atoms with Gasteiger partial charge in [-0.05, 0) is 32.1 Å². The monoisotopic (exact) mass is 251 g/mol. The number of ether oxygens (including phenoxy) is 1. The van der Waals surface area contributed by atoms with Gasteiger partial charge in [-0.25, -0.2) is 4.98 Å². The van der Waals surface area contributed by atoms with E-state index in [1.807, 2.05) is 6.92 Å². The average molecular weight is 251 g/mol. The first-order chi connectivity index (χ1) is 8.79. The van der Waals surface area contributed by atoms with Crippen molar-refractivity contribution in [1.82, 2.24) is 9.55 Å². The first-order valence-electron chi connectivity index (χ1n) is 7.06. The highest BCUT2D eigenvalue weighted by Gasteiger charge is 2.20. The lowest BCUT2D eigenvalue weighted by Crippen LogP contribution is -2.09. The molecule has 1 aromatic heterocycles. The summed E-state index contributed by atoms with van der Waals surface area (Å²) in [6, 6.07) is 0. The van der Waals surface area contributed by atoms with E-state index in [0.717, 1.165) is 43.7 Å². The number of rotatable bonds is 9. The smallest absolute Gasteiger partial charge is 0.203 e. The highest BCUT2D eigenvalue weighted by atomic mass is 16.5. The van der Waals surface area contributed by atoms with Crippen molar-refractivity contribution in [2.45, 2.75) is 45.6 Å². The molecule has 18 heavy (non-hydrogen) atoms. The Labute approximate surface area is 110 Å². The first-order valence-corrected chi connectivity index (χ1v) is 7.06. The molecule has 0 unspecified atom stereocenters. The topological polar surface area (TPSA) is 39.1 Å². The van der Waals surface area contributed by atoms with Crippen molar-refractivity contribution in [2.75, 3.05) is 25.6 Å². The minimum Gasteiger partial charge on any atom is -0.385 e. The molecule has 0 aliphatic heterocycles. The van der Waals surface area contributed by atoms with Crippen LogP contribution in [0.25, 0.3) is 0 Å². The lowest BCUT2D eigenvalue weighted by atomic mass is 10.2. The number of methoxy groups -OCH3 is 1. The molecular weight excluding hydrogens is 226 g/mol. The van der Waals surface area contributed by atoms with E-state index < -0.39 is 0 Å². The van der Waals surface area contributed by atoms with Gasteiger partial charge in [-0.2, -0.15) is 0 Å². The summed E-state index contributed by atoms with van der Waals surface area (Å²) in [6.07, 6.45) is 8.67. The Kier molecular flexibility index (Phi) is 5.05. The van der Waals surface area contributed by atoms with Gasteiger partial charge < -0.3 is 14.6 Å². The molecule has 2 rings (SSSR count). The molecule has 1 saturated carbocycles. The van der Waals surface area contributed by atoms with Crippen LogP contribution in [0.15, 0.2) is 6.20 Å². The van der Waals surface area contributed by atoms with Crippen LogP contribution >= 0.6 is 0 Å². The molecular formula is C14H25N3O. The van der Waals surface area contributed by atoms with Crippen molar-refractivity contribution in [3.05, 3.63) is 11.9 Å². The number of nitrogens with zero attached hydrogens (tertiary/aromatic N) is 2. The van der Waals surface area contributed by atoms with E-state index in [-0.39, 0.29) is 0 Å². The van der Waals surface area contributed by atoms with E-state index in [1.165, 1.54) is 25.7 Å². The molecule has 0 bridgehead atoms.